The van der Waals surface area contributed by atoms with Crippen molar-refractivity contribution in [2.45, 2.75) is 37.6 Å². The summed E-state index contributed by atoms with van der Waals surface area (Å²) in [7, 11) is -4.19. The lowest BCUT2D eigenvalue weighted by molar-refractivity contribution is -0.00300. The molecule has 0 atom stereocenters. The molecule has 43 heavy (non-hydrogen) atoms. The summed E-state index contributed by atoms with van der Waals surface area (Å²) in [6.07, 6.45) is 2.53. The van der Waals surface area contributed by atoms with Gasteiger partial charge in [0.2, 0.25) is 10.0 Å². The number of halogens is 1. The van der Waals surface area contributed by atoms with Gasteiger partial charge in [-0.15, -0.1) is 11.3 Å². The van der Waals surface area contributed by atoms with Gasteiger partial charge in [0, 0.05) is 35.2 Å². The number of hydrogen-bond acceptors (Lipinski definition) is 7. The van der Waals surface area contributed by atoms with Crippen LogP contribution in [0.2, 0.25) is 0 Å². The van der Waals surface area contributed by atoms with E-state index in [1.807, 2.05) is 24.3 Å². The molecule has 1 aliphatic carbocycles. The molecule has 3 heterocycles. The molecule has 0 bridgehead atoms. The number of esters is 1. The number of rotatable bonds is 9. The maximum atomic E-state index is 14.9. The lowest BCUT2D eigenvalue weighted by atomic mass is 9.99. The number of ether oxygens (including phenoxy) is 2. The van der Waals surface area contributed by atoms with E-state index in [0.29, 0.717) is 36.1 Å². The Bertz CT molecular complexity index is 1860. The van der Waals surface area contributed by atoms with Gasteiger partial charge in [-0.2, -0.15) is 0 Å². The zero-order valence-electron chi connectivity index (χ0n) is 23.5. The Labute approximate surface area is 253 Å². The van der Waals surface area contributed by atoms with Crippen LogP contribution in [-0.4, -0.2) is 43.8 Å². The lowest BCUT2D eigenvalue weighted by Gasteiger charge is -2.19. The van der Waals surface area contributed by atoms with Crippen LogP contribution in [0, 0.1) is 29.5 Å². The van der Waals surface area contributed by atoms with E-state index in [2.05, 4.69) is 27.5 Å². The predicted molar refractivity (Wildman–Crippen MR) is 161 cm³/mol. The summed E-state index contributed by atoms with van der Waals surface area (Å²) in [5.74, 6) is 5.88. The molecule has 0 radical (unpaired) electrons. The van der Waals surface area contributed by atoms with Gasteiger partial charge in [-0.25, -0.2) is 27.7 Å². The van der Waals surface area contributed by atoms with Crippen molar-refractivity contribution in [1.29, 1.82) is 0 Å². The van der Waals surface area contributed by atoms with Gasteiger partial charge >= 0.3 is 5.97 Å². The van der Waals surface area contributed by atoms with Gasteiger partial charge in [0.1, 0.15) is 15.7 Å². The highest BCUT2D eigenvalue weighted by molar-refractivity contribution is 7.89. The van der Waals surface area contributed by atoms with Crippen LogP contribution >= 0.6 is 11.3 Å². The zero-order valence-corrected chi connectivity index (χ0v) is 25.1. The first kappa shape index (κ1) is 29.3. The molecule has 11 heteroatoms. The zero-order chi connectivity index (χ0) is 30.1. The van der Waals surface area contributed by atoms with Crippen LogP contribution in [0.3, 0.4) is 0 Å². The molecular weight excluding hydrogens is 590 g/mol. The van der Waals surface area contributed by atoms with E-state index in [1.54, 1.807) is 18.4 Å². The monoisotopic (exact) mass is 619 g/mol. The average molecular weight is 620 g/mol. The predicted octanol–water partition coefficient (Wildman–Crippen LogP) is 5.24. The maximum Gasteiger partial charge on any atom is 0.357 e. The molecule has 2 N–H and O–H groups in total. The third-order valence-corrected chi connectivity index (χ3v) is 9.27. The lowest BCUT2D eigenvalue weighted by Crippen LogP contribution is -2.25. The minimum Gasteiger partial charge on any atom is -0.461 e. The van der Waals surface area contributed by atoms with Gasteiger partial charge in [0.05, 0.1) is 31.4 Å². The van der Waals surface area contributed by atoms with E-state index in [0.717, 1.165) is 47.5 Å². The van der Waals surface area contributed by atoms with Gasteiger partial charge in [-0.05, 0) is 67.1 Å². The smallest absolute Gasteiger partial charge is 0.357 e. The first-order valence-corrected chi connectivity index (χ1v) is 16.5. The third kappa shape index (κ3) is 6.58. The van der Waals surface area contributed by atoms with Crippen LogP contribution in [0.15, 0.2) is 58.8 Å². The molecule has 6 rings (SSSR count). The van der Waals surface area contributed by atoms with Crippen molar-refractivity contribution in [1.82, 2.24) is 9.55 Å². The van der Waals surface area contributed by atoms with Crippen molar-refractivity contribution < 1.29 is 27.1 Å². The van der Waals surface area contributed by atoms with E-state index in [-0.39, 0.29) is 18.2 Å². The molecule has 0 spiro atoms. The average Bonchev–Trinajstić information content (AvgIpc) is 3.50. The molecule has 1 aliphatic heterocycles. The molecule has 2 aliphatic rings. The summed E-state index contributed by atoms with van der Waals surface area (Å²) >= 11 is 1.37. The topological polar surface area (TPSA) is 114 Å². The van der Waals surface area contributed by atoms with E-state index >= 15 is 0 Å². The number of benzene rings is 2. The second-order valence-electron chi connectivity index (χ2n) is 10.8. The van der Waals surface area contributed by atoms with Crippen LogP contribution in [0.25, 0.3) is 21.8 Å². The van der Waals surface area contributed by atoms with Crippen molar-refractivity contribution in [2.75, 3.05) is 19.8 Å². The first-order valence-electron chi connectivity index (χ1n) is 14.1. The number of thiazole rings is 1. The van der Waals surface area contributed by atoms with Crippen molar-refractivity contribution in [3.05, 3.63) is 82.2 Å². The number of carbonyl (C=O) groups excluding carboxylic acids is 1. The molecule has 222 valence electrons. The first-order chi connectivity index (χ1) is 20.7. The van der Waals surface area contributed by atoms with E-state index < -0.39 is 26.7 Å². The molecule has 0 unspecified atom stereocenters. The van der Waals surface area contributed by atoms with Crippen LogP contribution in [0.4, 0.5) is 4.39 Å². The maximum absolute atomic E-state index is 14.9. The Hall–Kier alpha value is -3.82. The Morgan fingerprint density at radius 2 is 2.02 bits per heavy atom. The summed E-state index contributed by atoms with van der Waals surface area (Å²) in [4.78, 5) is 16.5. The standard InChI is InChI=1S/C32H30FN3O5S2/c1-2-41-32(37)27-19-42-31(35-27)29-15-25(24-5-3-4-20(12-24)6-9-23-17-40-18-23)28(36(29)16-21-7-8-21)14-22-10-11-30(26(33)13-22)43(34,38)39/h3-5,10-13,15,19,21,23H,2,7-8,14,16-18H2,1H3,(H2,34,38,39). The summed E-state index contributed by atoms with van der Waals surface area (Å²) in [5, 5.41) is 7.57. The Balaban J connectivity index is 1.47. The van der Waals surface area contributed by atoms with E-state index in [4.69, 9.17) is 14.6 Å². The van der Waals surface area contributed by atoms with Gasteiger partial charge in [-0.1, -0.05) is 30.0 Å². The number of hydrogen-bond donors (Lipinski definition) is 1. The Kier molecular flexibility index (Phi) is 8.20. The Morgan fingerprint density at radius 3 is 2.70 bits per heavy atom. The summed E-state index contributed by atoms with van der Waals surface area (Å²) in [5.41, 5.74) is 5.36. The van der Waals surface area contributed by atoms with Crippen molar-refractivity contribution in [3.63, 3.8) is 0 Å². The normalized spacial score (nSPS) is 15.0. The summed E-state index contributed by atoms with van der Waals surface area (Å²) in [6, 6.07) is 14.1. The molecule has 0 amide bonds. The van der Waals surface area contributed by atoms with Gasteiger partial charge in [0.15, 0.2) is 5.69 Å². The quantitative estimate of drug-likeness (QED) is 0.203. The van der Waals surface area contributed by atoms with Crippen molar-refractivity contribution in [3.8, 4) is 33.7 Å². The van der Waals surface area contributed by atoms with Crippen LogP contribution in [-0.2, 0) is 32.5 Å². The number of aromatic nitrogens is 2. The van der Waals surface area contributed by atoms with E-state index in [1.165, 1.54) is 23.5 Å². The van der Waals surface area contributed by atoms with E-state index in [9.17, 15) is 17.6 Å². The largest absolute Gasteiger partial charge is 0.461 e. The summed E-state index contributed by atoms with van der Waals surface area (Å²) < 4.78 is 51.2. The molecular formula is C32H30FN3O5S2. The molecule has 2 aromatic heterocycles. The molecule has 1 saturated heterocycles. The molecule has 2 fully saturated rings. The number of primary sulfonamides is 1. The molecule has 2 aromatic carbocycles. The van der Waals surface area contributed by atoms with Crippen molar-refractivity contribution in [2.24, 2.45) is 17.0 Å². The second kappa shape index (κ2) is 12.1. The number of carbonyl (C=O) groups is 1. The van der Waals surface area contributed by atoms with Crippen LogP contribution in [0.5, 0.6) is 0 Å². The van der Waals surface area contributed by atoms with Crippen LogP contribution in [0.1, 0.15) is 47.1 Å². The highest BCUT2D eigenvalue weighted by atomic mass is 32.2. The highest BCUT2D eigenvalue weighted by Gasteiger charge is 2.28. The number of nitrogens with two attached hydrogens (primary N) is 1. The summed E-state index contributed by atoms with van der Waals surface area (Å²) in [6.45, 7) is 4.03. The SMILES string of the molecule is CCOC(=O)c1csc(-c2cc(-c3cccc(C#CC4COC4)c3)c(Cc3ccc(S(N)(=O)=O)c(F)c3)n2CC2CC2)n1. The van der Waals surface area contributed by atoms with Gasteiger partial charge < -0.3 is 14.0 Å². The highest BCUT2D eigenvalue weighted by Crippen LogP contribution is 2.40. The Morgan fingerprint density at radius 1 is 1.21 bits per heavy atom. The van der Waals surface area contributed by atoms with Crippen molar-refractivity contribution >= 4 is 27.3 Å². The van der Waals surface area contributed by atoms with Crippen LogP contribution < -0.4 is 5.14 Å². The molecule has 8 nitrogen and oxygen atoms in total. The fourth-order valence-electron chi connectivity index (χ4n) is 5.01. The minimum absolute atomic E-state index is 0.235. The molecule has 1 saturated carbocycles. The van der Waals surface area contributed by atoms with Gasteiger partial charge in [0.25, 0.3) is 0 Å². The fraction of sp³-hybridized carbons (Fsp3) is 0.312. The minimum atomic E-state index is -4.19. The number of sulfonamides is 1. The second-order valence-corrected chi connectivity index (χ2v) is 13.2. The molecule has 4 aromatic rings. The number of nitrogens with zero attached hydrogens (tertiary/aromatic N) is 2. The fourth-order valence-corrected chi connectivity index (χ4v) is 6.41. The third-order valence-electron chi connectivity index (χ3n) is 7.46. The van der Waals surface area contributed by atoms with Gasteiger partial charge in [-0.3, -0.25) is 0 Å².